The molecule has 0 aromatic heterocycles. The zero-order valence-corrected chi connectivity index (χ0v) is 19.3. The highest BCUT2D eigenvalue weighted by Crippen LogP contribution is 2.33. The molecule has 1 aliphatic carbocycles. The third-order valence-corrected chi connectivity index (χ3v) is 6.87. The summed E-state index contributed by atoms with van der Waals surface area (Å²) in [5.74, 6) is 0.857. The SMILES string of the molecule is C=CC1CCC(CCc2ccc(-c3ccc(-c4ccc(OCC)c(F)c4)c(F)c3)cc2)CC1. The summed E-state index contributed by atoms with van der Waals surface area (Å²) >= 11 is 0. The van der Waals surface area contributed by atoms with Gasteiger partial charge in [0.05, 0.1) is 6.61 Å². The van der Waals surface area contributed by atoms with E-state index < -0.39 is 5.82 Å². The second-order valence-corrected chi connectivity index (χ2v) is 9.02. The predicted molar refractivity (Wildman–Crippen MR) is 132 cm³/mol. The van der Waals surface area contributed by atoms with Crippen LogP contribution in [0.2, 0.25) is 0 Å². The van der Waals surface area contributed by atoms with Crippen LogP contribution in [-0.2, 0) is 6.42 Å². The molecule has 3 heteroatoms. The topological polar surface area (TPSA) is 9.23 Å². The molecular formula is C30H32F2O. The van der Waals surface area contributed by atoms with Gasteiger partial charge in [-0.25, -0.2) is 8.78 Å². The van der Waals surface area contributed by atoms with Crippen LogP contribution in [0.25, 0.3) is 22.3 Å². The number of ether oxygens (including phenoxy) is 1. The minimum atomic E-state index is -0.484. The highest BCUT2D eigenvalue weighted by atomic mass is 19.1. The number of hydrogen-bond donors (Lipinski definition) is 0. The average molecular weight is 447 g/mol. The van der Waals surface area contributed by atoms with Crippen LogP contribution in [-0.4, -0.2) is 6.61 Å². The summed E-state index contributed by atoms with van der Waals surface area (Å²) < 4.78 is 34.3. The van der Waals surface area contributed by atoms with Gasteiger partial charge in [-0.15, -0.1) is 6.58 Å². The zero-order chi connectivity index (χ0) is 23.2. The minimum Gasteiger partial charge on any atom is -0.491 e. The maximum absolute atomic E-state index is 14.9. The maximum Gasteiger partial charge on any atom is 0.165 e. The van der Waals surface area contributed by atoms with Crippen LogP contribution >= 0.6 is 0 Å². The minimum absolute atomic E-state index is 0.183. The van der Waals surface area contributed by atoms with E-state index in [-0.39, 0.29) is 11.6 Å². The molecule has 4 rings (SSSR count). The molecule has 0 saturated heterocycles. The maximum atomic E-state index is 14.9. The van der Waals surface area contributed by atoms with Crippen LogP contribution in [0.4, 0.5) is 8.78 Å². The summed E-state index contributed by atoms with van der Waals surface area (Å²) in [7, 11) is 0. The van der Waals surface area contributed by atoms with Gasteiger partial charge < -0.3 is 4.74 Å². The molecule has 0 radical (unpaired) electrons. The van der Waals surface area contributed by atoms with E-state index in [1.165, 1.54) is 49.8 Å². The molecule has 1 saturated carbocycles. The van der Waals surface area contributed by atoms with E-state index in [4.69, 9.17) is 4.74 Å². The summed E-state index contributed by atoms with van der Waals surface area (Å²) in [6.45, 7) is 6.11. The van der Waals surface area contributed by atoms with Crippen molar-refractivity contribution in [2.45, 2.75) is 45.4 Å². The lowest BCUT2D eigenvalue weighted by Crippen LogP contribution is -2.13. The fourth-order valence-electron chi connectivity index (χ4n) is 4.82. The van der Waals surface area contributed by atoms with Gasteiger partial charge in [-0.3, -0.25) is 0 Å². The molecule has 172 valence electrons. The first-order chi connectivity index (χ1) is 16.1. The van der Waals surface area contributed by atoms with Crippen LogP contribution in [0.15, 0.2) is 73.3 Å². The average Bonchev–Trinajstić information content (AvgIpc) is 2.85. The summed E-state index contributed by atoms with van der Waals surface area (Å²) in [6.07, 6.45) is 9.58. The number of aryl methyl sites for hydroxylation is 1. The fraction of sp³-hybridized carbons (Fsp3) is 0.333. The molecule has 0 spiro atoms. The fourth-order valence-corrected chi connectivity index (χ4v) is 4.82. The Morgan fingerprint density at radius 1 is 0.848 bits per heavy atom. The highest BCUT2D eigenvalue weighted by Gasteiger charge is 2.19. The summed E-state index contributed by atoms with van der Waals surface area (Å²) in [5, 5.41) is 0. The monoisotopic (exact) mass is 446 g/mol. The van der Waals surface area contributed by atoms with Crippen molar-refractivity contribution in [1.82, 2.24) is 0 Å². The van der Waals surface area contributed by atoms with Gasteiger partial charge in [-0.2, -0.15) is 0 Å². The Labute approximate surface area is 196 Å². The van der Waals surface area contributed by atoms with Crippen LogP contribution in [0, 0.1) is 23.5 Å². The Hall–Kier alpha value is -2.94. The van der Waals surface area contributed by atoms with Crippen LogP contribution < -0.4 is 4.74 Å². The van der Waals surface area contributed by atoms with Crippen molar-refractivity contribution in [1.29, 1.82) is 0 Å². The molecule has 0 amide bonds. The van der Waals surface area contributed by atoms with Gasteiger partial charge in [0.1, 0.15) is 5.82 Å². The molecule has 0 heterocycles. The van der Waals surface area contributed by atoms with Crippen molar-refractivity contribution in [3.05, 3.63) is 90.5 Å². The van der Waals surface area contributed by atoms with Crippen molar-refractivity contribution in [2.24, 2.45) is 11.8 Å². The van der Waals surface area contributed by atoms with E-state index in [0.29, 0.717) is 23.7 Å². The number of benzene rings is 3. The summed E-state index contributed by atoms with van der Waals surface area (Å²) in [5.41, 5.74) is 4.00. The lowest BCUT2D eigenvalue weighted by molar-refractivity contribution is 0.296. The van der Waals surface area contributed by atoms with E-state index >= 15 is 0 Å². The lowest BCUT2D eigenvalue weighted by Gasteiger charge is -2.26. The Balaban J connectivity index is 1.41. The second kappa shape index (κ2) is 10.8. The quantitative estimate of drug-likeness (QED) is 0.315. The van der Waals surface area contributed by atoms with Crippen LogP contribution in [0.3, 0.4) is 0 Å². The van der Waals surface area contributed by atoms with E-state index in [2.05, 4.69) is 36.9 Å². The van der Waals surface area contributed by atoms with Gasteiger partial charge in [-0.05, 0) is 97.7 Å². The van der Waals surface area contributed by atoms with E-state index in [0.717, 1.165) is 23.5 Å². The number of rotatable bonds is 8. The molecule has 0 unspecified atom stereocenters. The second-order valence-electron chi connectivity index (χ2n) is 9.02. The predicted octanol–water partition coefficient (Wildman–Crippen LogP) is 8.62. The molecule has 33 heavy (non-hydrogen) atoms. The first kappa shape index (κ1) is 23.2. The molecule has 1 aliphatic rings. The number of allylic oxidation sites excluding steroid dienone is 1. The first-order valence-corrected chi connectivity index (χ1v) is 12.0. The first-order valence-electron chi connectivity index (χ1n) is 12.0. The van der Waals surface area contributed by atoms with Crippen molar-refractivity contribution in [3.8, 4) is 28.0 Å². The van der Waals surface area contributed by atoms with Gasteiger partial charge in [0.25, 0.3) is 0 Å². The smallest absolute Gasteiger partial charge is 0.165 e. The van der Waals surface area contributed by atoms with Crippen molar-refractivity contribution in [3.63, 3.8) is 0 Å². The molecule has 0 bridgehead atoms. The summed E-state index contributed by atoms with van der Waals surface area (Å²) in [4.78, 5) is 0. The lowest BCUT2D eigenvalue weighted by atomic mass is 9.79. The molecule has 1 fully saturated rings. The standard InChI is InChI=1S/C30H32F2O/c1-3-21-5-7-22(8-6-21)9-10-23-11-13-24(14-12-23)25-15-17-27(28(31)19-25)26-16-18-30(33-4-2)29(32)20-26/h3,11-22H,1,4-10H2,2H3. The molecule has 3 aromatic rings. The molecule has 0 aliphatic heterocycles. The third-order valence-electron chi connectivity index (χ3n) is 6.87. The Kier molecular flexibility index (Phi) is 7.59. The molecular weight excluding hydrogens is 414 g/mol. The van der Waals surface area contributed by atoms with Gasteiger partial charge in [0, 0.05) is 5.56 Å². The molecule has 0 atom stereocenters. The molecule has 0 N–H and O–H groups in total. The van der Waals surface area contributed by atoms with Crippen molar-refractivity contribution >= 4 is 0 Å². The van der Waals surface area contributed by atoms with Gasteiger partial charge in [-0.1, -0.05) is 48.5 Å². The van der Waals surface area contributed by atoms with E-state index in [1.807, 2.05) is 6.07 Å². The van der Waals surface area contributed by atoms with E-state index in [1.54, 1.807) is 25.1 Å². The Morgan fingerprint density at radius 2 is 1.52 bits per heavy atom. The number of halogens is 2. The third kappa shape index (κ3) is 5.71. The van der Waals surface area contributed by atoms with Crippen molar-refractivity contribution < 1.29 is 13.5 Å². The normalized spacial score (nSPS) is 18.2. The van der Waals surface area contributed by atoms with Gasteiger partial charge in [0.2, 0.25) is 0 Å². The van der Waals surface area contributed by atoms with Gasteiger partial charge in [0.15, 0.2) is 11.6 Å². The molecule has 1 nitrogen and oxygen atoms in total. The van der Waals surface area contributed by atoms with Crippen molar-refractivity contribution in [2.75, 3.05) is 6.61 Å². The Morgan fingerprint density at radius 3 is 2.15 bits per heavy atom. The highest BCUT2D eigenvalue weighted by molar-refractivity contribution is 5.71. The Bertz CT molecular complexity index is 1080. The van der Waals surface area contributed by atoms with Crippen LogP contribution in [0.5, 0.6) is 5.75 Å². The van der Waals surface area contributed by atoms with Crippen LogP contribution in [0.1, 0.15) is 44.6 Å². The molecule has 3 aromatic carbocycles. The zero-order valence-electron chi connectivity index (χ0n) is 19.3. The van der Waals surface area contributed by atoms with E-state index in [9.17, 15) is 8.78 Å². The number of hydrogen-bond acceptors (Lipinski definition) is 1. The largest absolute Gasteiger partial charge is 0.491 e. The summed E-state index contributed by atoms with van der Waals surface area (Å²) in [6, 6.07) is 18.1. The van der Waals surface area contributed by atoms with Gasteiger partial charge >= 0.3 is 0 Å².